The second-order valence-electron chi connectivity index (χ2n) is 16.9. The van der Waals surface area contributed by atoms with Crippen molar-refractivity contribution in [2.45, 2.75) is 172 Å². The number of aliphatic hydroxyl groups is 1. The first-order valence-corrected chi connectivity index (χ1v) is 23.8. The molecule has 3 rings (SSSR count). The fraction of sp³-hybridized carbons (Fsp3) is 0.786. The first-order chi connectivity index (χ1) is 28.8. The van der Waals surface area contributed by atoms with Gasteiger partial charge in [-0.2, -0.15) is 0 Å². The predicted molar refractivity (Wildman–Crippen MR) is 234 cm³/mol. The van der Waals surface area contributed by atoms with Gasteiger partial charge < -0.3 is 51.5 Å². The van der Waals surface area contributed by atoms with Gasteiger partial charge in [-0.1, -0.05) is 46.5 Å². The molecule has 2 saturated heterocycles. The summed E-state index contributed by atoms with van der Waals surface area (Å²) in [6, 6.07) is -6.43. The molecule has 344 valence electrons. The average Bonchev–Trinajstić information content (AvgIpc) is 3.84. The van der Waals surface area contributed by atoms with Crippen molar-refractivity contribution in [3.8, 4) is 0 Å². The van der Waals surface area contributed by atoms with Crippen molar-refractivity contribution in [2.75, 3.05) is 24.6 Å². The lowest BCUT2D eigenvalue weighted by molar-refractivity contribution is -0.144. The van der Waals surface area contributed by atoms with Crippen LogP contribution >= 0.6 is 23.5 Å². The maximum absolute atomic E-state index is 15.0. The number of rotatable bonds is 23. The standard InChI is InChI=1S/C42H69N7O10S2/c1-8-13-29(35(53)40(58)43-9-2)45-38(56)32-22-42(60-20-21-61-42)23-49(32)41(59)34(28-14-11-10-12-15-28)48-39(57)33(24(3)4)47-37(55)31(19-17-26(6)51)46-36(54)30(44-27(7)52)18-16-25(5)50/h24,28-35,53H,8-23H2,1-7H3,(H,43,58)(H,44,52)(H,45,56)(H,46,54)(H,47,55)(H,48,57)/t29?,30?,31?,32-,33?,34?,35?/m0/s1. The molecule has 7 amide bonds. The van der Waals surface area contributed by atoms with Crippen LogP contribution in [0.15, 0.2) is 0 Å². The monoisotopic (exact) mass is 895 g/mol. The average molecular weight is 896 g/mol. The molecule has 0 aromatic heterocycles. The van der Waals surface area contributed by atoms with Crippen molar-refractivity contribution in [3.05, 3.63) is 0 Å². The van der Waals surface area contributed by atoms with E-state index in [0.29, 0.717) is 38.6 Å². The van der Waals surface area contributed by atoms with E-state index in [0.717, 1.165) is 30.8 Å². The lowest BCUT2D eigenvalue weighted by Gasteiger charge is -2.36. The van der Waals surface area contributed by atoms with E-state index in [1.54, 1.807) is 49.2 Å². The lowest BCUT2D eigenvalue weighted by Crippen LogP contribution is -2.62. The second-order valence-corrected chi connectivity index (χ2v) is 20.2. The molecular weight excluding hydrogens is 827 g/mol. The van der Waals surface area contributed by atoms with Crippen LogP contribution in [0.4, 0.5) is 0 Å². The molecule has 1 aliphatic carbocycles. The van der Waals surface area contributed by atoms with Crippen molar-refractivity contribution in [1.29, 1.82) is 0 Å². The Morgan fingerprint density at radius 1 is 0.721 bits per heavy atom. The number of ketones is 2. The van der Waals surface area contributed by atoms with Gasteiger partial charge in [-0.25, -0.2) is 0 Å². The highest BCUT2D eigenvalue weighted by Crippen LogP contribution is 2.52. The Balaban J connectivity index is 1.91. The minimum atomic E-state index is -1.49. The lowest BCUT2D eigenvalue weighted by atomic mass is 9.83. The molecular formula is C42H69N7O10S2. The fourth-order valence-corrected chi connectivity index (χ4v) is 11.4. The highest BCUT2D eigenvalue weighted by molar-refractivity contribution is 8.21. The first kappa shape index (κ1) is 51.6. The van der Waals surface area contributed by atoms with Crippen LogP contribution in [0.25, 0.3) is 0 Å². The number of nitrogens with one attached hydrogen (secondary N) is 6. The van der Waals surface area contributed by atoms with Crippen molar-refractivity contribution in [3.63, 3.8) is 0 Å². The number of hydrogen-bond donors (Lipinski definition) is 7. The van der Waals surface area contributed by atoms with E-state index in [9.17, 15) is 48.3 Å². The summed E-state index contributed by atoms with van der Waals surface area (Å²) in [5, 5.41) is 27.2. The van der Waals surface area contributed by atoms with Gasteiger partial charge in [-0.3, -0.25) is 33.6 Å². The third kappa shape index (κ3) is 15.6. The predicted octanol–water partition coefficient (Wildman–Crippen LogP) is 1.48. The van der Waals surface area contributed by atoms with Gasteiger partial charge in [0, 0.05) is 50.8 Å². The van der Waals surface area contributed by atoms with Crippen molar-refractivity contribution >= 4 is 76.4 Å². The zero-order valence-corrected chi connectivity index (χ0v) is 38.5. The topological polar surface area (TPSA) is 249 Å². The van der Waals surface area contributed by atoms with E-state index in [1.807, 2.05) is 6.92 Å². The Bertz CT molecular complexity index is 1590. The number of aliphatic hydroxyl groups excluding tert-OH is 1. The molecule has 19 heteroatoms. The number of likely N-dealkylation sites (N-methyl/N-ethyl adjacent to an activating group) is 1. The number of carbonyl (C=O) groups is 9. The molecule has 1 spiro atoms. The molecule has 6 unspecified atom stereocenters. The SMILES string of the molecule is CCCC(NC(=O)[C@@H]1CC2(CN1C(=O)C(NC(=O)C(NC(=O)C(CCC(C)=O)NC(=O)C(CCC(C)=O)NC(C)=O)C(C)C)C1CCCCC1)SCCS2)C(O)C(=O)NCC. The molecule has 2 heterocycles. The van der Waals surface area contributed by atoms with Crippen LogP contribution < -0.4 is 31.9 Å². The summed E-state index contributed by atoms with van der Waals surface area (Å²) in [4.78, 5) is 121. The third-order valence-electron chi connectivity index (χ3n) is 11.4. The molecule has 0 aromatic carbocycles. The number of hydrogen-bond acceptors (Lipinski definition) is 12. The van der Waals surface area contributed by atoms with E-state index in [-0.39, 0.29) is 49.7 Å². The molecule has 3 fully saturated rings. The van der Waals surface area contributed by atoms with Crippen LogP contribution in [0.5, 0.6) is 0 Å². The Morgan fingerprint density at radius 2 is 1.30 bits per heavy atom. The van der Waals surface area contributed by atoms with Crippen LogP contribution in [0.3, 0.4) is 0 Å². The minimum absolute atomic E-state index is 0.000922. The van der Waals surface area contributed by atoms with E-state index in [2.05, 4.69) is 31.9 Å². The number of amides is 7. The minimum Gasteiger partial charge on any atom is -0.381 e. The molecule has 7 atom stereocenters. The smallest absolute Gasteiger partial charge is 0.250 e. The number of nitrogens with zero attached hydrogens (tertiary/aromatic N) is 1. The highest BCUT2D eigenvalue weighted by atomic mass is 32.2. The van der Waals surface area contributed by atoms with Gasteiger partial charge in [0.2, 0.25) is 35.4 Å². The molecule has 17 nitrogen and oxygen atoms in total. The van der Waals surface area contributed by atoms with Crippen LogP contribution in [0.1, 0.15) is 126 Å². The Morgan fingerprint density at radius 3 is 1.82 bits per heavy atom. The first-order valence-electron chi connectivity index (χ1n) is 21.8. The third-order valence-corrected chi connectivity index (χ3v) is 14.9. The van der Waals surface area contributed by atoms with Crippen LogP contribution in [0, 0.1) is 11.8 Å². The molecule has 0 aromatic rings. The zero-order chi connectivity index (χ0) is 45.4. The van der Waals surface area contributed by atoms with Crippen molar-refractivity contribution in [2.24, 2.45) is 11.8 Å². The van der Waals surface area contributed by atoms with Crippen molar-refractivity contribution < 1.29 is 48.3 Å². The summed E-state index contributed by atoms with van der Waals surface area (Å²) < 4.78 is -0.448. The van der Waals surface area contributed by atoms with E-state index < -0.39 is 93.7 Å². The summed E-state index contributed by atoms with van der Waals surface area (Å²) in [6.45, 7) is 11.5. The quantitative estimate of drug-likeness (QED) is 0.0771. The number of carbonyl (C=O) groups excluding carboxylic acids is 9. The number of likely N-dealkylation sites (tertiary alicyclic amines) is 1. The summed E-state index contributed by atoms with van der Waals surface area (Å²) >= 11 is 3.39. The second kappa shape index (κ2) is 24.8. The maximum atomic E-state index is 15.0. The van der Waals surface area contributed by atoms with Gasteiger partial charge in [0.05, 0.1) is 10.1 Å². The van der Waals surface area contributed by atoms with E-state index in [1.165, 1.54) is 20.8 Å². The molecule has 0 bridgehead atoms. The van der Waals surface area contributed by atoms with E-state index >= 15 is 0 Å². The molecule has 1 saturated carbocycles. The summed E-state index contributed by atoms with van der Waals surface area (Å²) in [7, 11) is 0. The molecule has 7 N–H and O–H groups in total. The van der Waals surface area contributed by atoms with Gasteiger partial charge in [-0.15, -0.1) is 23.5 Å². The summed E-state index contributed by atoms with van der Waals surface area (Å²) in [5.41, 5.74) is 0. The molecule has 3 aliphatic rings. The molecule has 61 heavy (non-hydrogen) atoms. The Hall–Kier alpha value is -3.71. The van der Waals surface area contributed by atoms with Gasteiger partial charge in [0.15, 0.2) is 6.10 Å². The van der Waals surface area contributed by atoms with Gasteiger partial charge in [0.1, 0.15) is 41.8 Å². The largest absolute Gasteiger partial charge is 0.381 e. The van der Waals surface area contributed by atoms with E-state index in [4.69, 9.17) is 0 Å². The summed E-state index contributed by atoms with van der Waals surface area (Å²) in [6.07, 6.45) is 3.56. The fourth-order valence-electron chi connectivity index (χ4n) is 8.18. The van der Waals surface area contributed by atoms with Gasteiger partial charge in [0.25, 0.3) is 5.91 Å². The zero-order valence-electron chi connectivity index (χ0n) is 36.9. The molecule has 0 radical (unpaired) electrons. The normalized spacial score (nSPS) is 20.4. The van der Waals surface area contributed by atoms with Gasteiger partial charge in [-0.05, 0) is 64.7 Å². The Kier molecular flexibility index (Phi) is 21.0. The summed E-state index contributed by atoms with van der Waals surface area (Å²) in [5.74, 6) is -3.63. The Labute approximate surface area is 368 Å². The van der Waals surface area contributed by atoms with Crippen molar-refractivity contribution in [1.82, 2.24) is 36.8 Å². The van der Waals surface area contributed by atoms with Crippen LogP contribution in [-0.2, 0) is 43.2 Å². The number of Topliss-reactive ketones (excluding diaryl/α,β-unsaturated/α-hetero) is 2. The maximum Gasteiger partial charge on any atom is 0.250 e. The molecule has 2 aliphatic heterocycles. The highest BCUT2D eigenvalue weighted by Gasteiger charge is 2.53. The van der Waals surface area contributed by atoms with Crippen LogP contribution in [-0.4, -0.2) is 134 Å². The van der Waals surface area contributed by atoms with Crippen LogP contribution in [0.2, 0.25) is 0 Å². The van der Waals surface area contributed by atoms with Gasteiger partial charge >= 0.3 is 0 Å². The number of thioether (sulfide) groups is 2.